The second-order valence-corrected chi connectivity index (χ2v) is 7.78. The van der Waals surface area contributed by atoms with Crippen LogP contribution in [0.1, 0.15) is 12.0 Å². The number of imide groups is 1. The van der Waals surface area contributed by atoms with Crippen LogP contribution in [-0.4, -0.2) is 36.8 Å². The maximum Gasteiger partial charge on any atom is 0.254 e. The fourth-order valence-electron chi connectivity index (χ4n) is 5.18. The van der Waals surface area contributed by atoms with Crippen molar-refractivity contribution >= 4 is 18.0 Å². The lowest BCUT2D eigenvalue weighted by Crippen LogP contribution is -2.40. The van der Waals surface area contributed by atoms with Crippen LogP contribution in [0.3, 0.4) is 0 Å². The van der Waals surface area contributed by atoms with Crippen LogP contribution in [0.4, 0.5) is 0 Å². The number of terminal acetylenes is 1. The molecule has 2 bridgehead atoms. The van der Waals surface area contributed by atoms with Gasteiger partial charge in [-0.2, -0.15) is 10.1 Å². The Morgan fingerprint density at radius 1 is 1.21 bits per heavy atom. The monoisotopic (exact) mass is 376 g/mol. The quantitative estimate of drug-likeness (QED) is 0.342. The first kappa shape index (κ1) is 17.1. The number of hydrogen-bond donors (Lipinski definition) is 0. The standard InChI is InChI=1S/C22H20N2O4/c1-3-8-28-18-7-4-13(27-2)9-12(18)11-23-24-21(25)19-14-5-6-15(17-10-16(14)17)20(19)22(24)26/h1,4-7,9,11,14-17,19-20H,8,10H2,2H3/b23-11-/t14-,15-,16-,17+,19+,20+/m0/s1. The van der Waals surface area contributed by atoms with E-state index in [1.54, 1.807) is 25.3 Å². The van der Waals surface area contributed by atoms with E-state index < -0.39 is 0 Å². The topological polar surface area (TPSA) is 68.2 Å². The maximum absolute atomic E-state index is 13.0. The van der Waals surface area contributed by atoms with Crippen LogP contribution < -0.4 is 9.47 Å². The molecule has 3 fully saturated rings. The summed E-state index contributed by atoms with van der Waals surface area (Å²) in [5.41, 5.74) is 0.592. The molecule has 5 aliphatic rings. The second kappa shape index (κ2) is 6.23. The normalized spacial score (nSPS) is 34.4. The van der Waals surface area contributed by atoms with Gasteiger partial charge in [0.1, 0.15) is 18.1 Å². The number of hydrogen-bond acceptors (Lipinski definition) is 5. The van der Waals surface area contributed by atoms with E-state index in [0.29, 0.717) is 28.9 Å². The van der Waals surface area contributed by atoms with E-state index in [2.05, 4.69) is 23.2 Å². The fraction of sp³-hybridized carbons (Fsp3) is 0.409. The van der Waals surface area contributed by atoms with Crippen molar-refractivity contribution in [1.29, 1.82) is 0 Å². The molecule has 0 radical (unpaired) electrons. The van der Waals surface area contributed by atoms with Gasteiger partial charge >= 0.3 is 0 Å². The van der Waals surface area contributed by atoms with E-state index >= 15 is 0 Å². The van der Waals surface area contributed by atoms with Gasteiger partial charge < -0.3 is 9.47 Å². The highest BCUT2D eigenvalue weighted by molar-refractivity contribution is 6.06. The molecule has 1 saturated heterocycles. The first-order valence-electron chi connectivity index (χ1n) is 9.48. The lowest BCUT2D eigenvalue weighted by molar-refractivity contribution is -0.140. The van der Waals surface area contributed by atoms with Crippen LogP contribution in [-0.2, 0) is 9.59 Å². The number of methoxy groups -OCH3 is 1. The first-order chi connectivity index (χ1) is 13.6. The van der Waals surface area contributed by atoms with Crippen molar-refractivity contribution in [3.05, 3.63) is 35.9 Å². The molecule has 2 saturated carbocycles. The SMILES string of the molecule is C#CCOc1ccc(OC)cc1/C=N\N1C(=O)[C@@H]2[C@H]3C=C[C@@H]([C@@H]4C[C@H]34)[C@H]2C1=O. The molecule has 1 aromatic rings. The van der Waals surface area contributed by atoms with Gasteiger partial charge in [-0.3, -0.25) is 9.59 Å². The summed E-state index contributed by atoms with van der Waals surface area (Å²) in [5, 5.41) is 5.31. The van der Waals surface area contributed by atoms with Crippen molar-refractivity contribution in [3.63, 3.8) is 0 Å². The number of carbonyl (C=O) groups excluding carboxylic acids is 2. The molecule has 6 rings (SSSR count). The minimum absolute atomic E-state index is 0.108. The van der Waals surface area contributed by atoms with Gasteiger partial charge in [0.15, 0.2) is 0 Å². The van der Waals surface area contributed by atoms with Gasteiger partial charge in [0.25, 0.3) is 11.8 Å². The Morgan fingerprint density at radius 3 is 2.50 bits per heavy atom. The van der Waals surface area contributed by atoms with E-state index in [-0.39, 0.29) is 42.1 Å². The zero-order valence-electron chi connectivity index (χ0n) is 15.4. The molecule has 28 heavy (non-hydrogen) atoms. The molecule has 0 unspecified atom stereocenters. The second-order valence-electron chi connectivity index (χ2n) is 7.78. The van der Waals surface area contributed by atoms with Gasteiger partial charge in [0.2, 0.25) is 0 Å². The van der Waals surface area contributed by atoms with Crippen molar-refractivity contribution in [2.45, 2.75) is 6.42 Å². The number of amides is 2. The number of ether oxygens (including phenoxy) is 2. The molecule has 6 nitrogen and oxygen atoms in total. The van der Waals surface area contributed by atoms with E-state index in [0.717, 1.165) is 11.4 Å². The van der Waals surface area contributed by atoms with E-state index in [4.69, 9.17) is 15.9 Å². The summed E-state index contributed by atoms with van der Waals surface area (Å²) in [6.45, 7) is 0.108. The summed E-state index contributed by atoms with van der Waals surface area (Å²) in [5.74, 6) is 4.16. The lowest BCUT2D eigenvalue weighted by atomic mass is 9.63. The predicted molar refractivity (Wildman–Crippen MR) is 101 cm³/mol. The smallest absolute Gasteiger partial charge is 0.254 e. The third-order valence-corrected chi connectivity index (χ3v) is 6.48. The zero-order valence-corrected chi connectivity index (χ0v) is 15.4. The molecule has 4 aliphatic carbocycles. The Morgan fingerprint density at radius 2 is 1.89 bits per heavy atom. The van der Waals surface area contributed by atoms with Gasteiger partial charge in [0, 0.05) is 5.56 Å². The average Bonchev–Trinajstić information content (AvgIpc) is 3.50. The highest BCUT2D eigenvalue weighted by Gasteiger charge is 2.67. The molecule has 2 amide bonds. The van der Waals surface area contributed by atoms with Crippen LogP contribution in [0.15, 0.2) is 35.5 Å². The number of nitrogens with zero attached hydrogens (tertiary/aromatic N) is 2. The number of carbonyl (C=O) groups is 2. The summed E-state index contributed by atoms with van der Waals surface area (Å²) in [6.07, 6.45) is 12.2. The Labute approximate surface area is 163 Å². The molecule has 6 atom stereocenters. The van der Waals surface area contributed by atoms with Gasteiger partial charge in [-0.1, -0.05) is 18.1 Å². The number of rotatable bonds is 5. The van der Waals surface area contributed by atoms with Crippen molar-refractivity contribution < 1.29 is 19.1 Å². The van der Waals surface area contributed by atoms with E-state index in [1.165, 1.54) is 6.21 Å². The van der Waals surface area contributed by atoms with Crippen molar-refractivity contribution in [2.75, 3.05) is 13.7 Å². The summed E-state index contributed by atoms with van der Waals surface area (Å²) in [7, 11) is 1.56. The Balaban J connectivity index is 1.43. The highest BCUT2D eigenvalue weighted by Crippen LogP contribution is 2.65. The highest BCUT2D eigenvalue weighted by atomic mass is 16.5. The Hall–Kier alpha value is -3.07. The molecule has 0 N–H and O–H groups in total. The Kier molecular flexibility index (Phi) is 3.80. The van der Waals surface area contributed by atoms with Crippen molar-refractivity contribution in [1.82, 2.24) is 5.01 Å². The van der Waals surface area contributed by atoms with Gasteiger partial charge in [-0.25, -0.2) is 0 Å². The summed E-state index contributed by atoms with van der Waals surface area (Å²) >= 11 is 0. The summed E-state index contributed by atoms with van der Waals surface area (Å²) in [4.78, 5) is 26.0. The van der Waals surface area contributed by atoms with Crippen LogP contribution in [0, 0.1) is 47.9 Å². The predicted octanol–water partition coefficient (Wildman–Crippen LogP) is 2.09. The number of hydrazone groups is 1. The van der Waals surface area contributed by atoms with E-state index in [1.807, 2.05) is 0 Å². The van der Waals surface area contributed by atoms with E-state index in [9.17, 15) is 9.59 Å². The van der Waals surface area contributed by atoms with Crippen molar-refractivity contribution in [2.24, 2.45) is 40.6 Å². The molecule has 1 heterocycles. The molecule has 1 aromatic carbocycles. The average molecular weight is 376 g/mol. The minimum Gasteiger partial charge on any atom is -0.497 e. The molecule has 1 aliphatic heterocycles. The van der Waals surface area contributed by atoms with Gasteiger partial charge in [-0.15, -0.1) is 6.42 Å². The Bertz CT molecular complexity index is 924. The fourth-order valence-corrected chi connectivity index (χ4v) is 5.18. The largest absolute Gasteiger partial charge is 0.497 e. The summed E-state index contributed by atoms with van der Waals surface area (Å²) < 4.78 is 10.8. The molecular formula is C22H20N2O4. The third-order valence-electron chi connectivity index (χ3n) is 6.48. The molecule has 6 heteroatoms. The maximum atomic E-state index is 13.0. The number of benzene rings is 1. The van der Waals surface area contributed by atoms with Crippen LogP contribution in [0.25, 0.3) is 0 Å². The van der Waals surface area contributed by atoms with Crippen LogP contribution in [0.2, 0.25) is 0 Å². The molecule has 0 spiro atoms. The number of allylic oxidation sites excluding steroid dienone is 2. The molecule has 142 valence electrons. The minimum atomic E-state index is -0.258. The van der Waals surface area contributed by atoms with Crippen molar-refractivity contribution in [3.8, 4) is 23.8 Å². The van der Waals surface area contributed by atoms with Gasteiger partial charge in [0.05, 0.1) is 25.2 Å². The molecular weight excluding hydrogens is 356 g/mol. The zero-order chi connectivity index (χ0) is 19.4. The summed E-state index contributed by atoms with van der Waals surface area (Å²) in [6, 6.07) is 5.20. The van der Waals surface area contributed by atoms with Crippen LogP contribution >= 0.6 is 0 Å². The van der Waals surface area contributed by atoms with Gasteiger partial charge in [-0.05, 0) is 48.3 Å². The lowest BCUT2D eigenvalue weighted by Gasteiger charge is -2.37. The third kappa shape index (κ3) is 2.39. The molecule has 0 aromatic heterocycles. The first-order valence-corrected chi connectivity index (χ1v) is 9.48. The van der Waals surface area contributed by atoms with Crippen LogP contribution in [0.5, 0.6) is 11.5 Å².